The summed E-state index contributed by atoms with van der Waals surface area (Å²) in [5.41, 5.74) is 2.32. The highest BCUT2D eigenvalue weighted by Gasteiger charge is 2.34. The van der Waals surface area contributed by atoms with Gasteiger partial charge in [0.15, 0.2) is 5.96 Å². The Morgan fingerprint density at radius 2 is 2.22 bits per heavy atom. The molecule has 11 heteroatoms. The number of rotatable bonds is 7. The van der Waals surface area contributed by atoms with E-state index in [1.807, 2.05) is 6.92 Å². The predicted molar refractivity (Wildman–Crippen MR) is 99.2 cm³/mol. The van der Waals surface area contributed by atoms with Crippen LogP contribution in [0.15, 0.2) is 10.5 Å². The van der Waals surface area contributed by atoms with Gasteiger partial charge in [-0.2, -0.15) is 13.2 Å². The average Bonchev–Trinajstić information content (AvgIpc) is 3.18. The van der Waals surface area contributed by atoms with E-state index in [4.69, 9.17) is 0 Å². The summed E-state index contributed by atoms with van der Waals surface area (Å²) in [4.78, 5) is 22.4. The smallest absolute Gasteiger partial charge is 0.357 e. The maximum atomic E-state index is 12.5. The van der Waals surface area contributed by atoms with E-state index in [9.17, 15) is 18.0 Å². The molecule has 7 nitrogen and oxygen atoms in total. The highest BCUT2D eigenvalue weighted by atomic mass is 32.1. The topological polar surface area (TPSA) is 81.6 Å². The van der Waals surface area contributed by atoms with Gasteiger partial charge < -0.3 is 16.0 Å². The van der Waals surface area contributed by atoms with Gasteiger partial charge in [-0.25, -0.2) is 4.98 Å². The van der Waals surface area contributed by atoms with Crippen LogP contribution in [-0.2, 0) is 0 Å². The fraction of sp³-hybridized carbons (Fsp3) is 0.688. The van der Waals surface area contributed by atoms with Crippen molar-refractivity contribution in [2.75, 3.05) is 39.3 Å². The molecule has 1 aliphatic heterocycles. The minimum atomic E-state index is -4.18. The third-order valence-corrected chi connectivity index (χ3v) is 4.91. The second-order valence-corrected chi connectivity index (χ2v) is 7.12. The molecule has 1 aromatic heterocycles. The van der Waals surface area contributed by atoms with Crippen molar-refractivity contribution in [1.29, 1.82) is 0 Å². The molecule has 0 aliphatic carbocycles. The van der Waals surface area contributed by atoms with Gasteiger partial charge >= 0.3 is 6.18 Å². The zero-order valence-corrected chi connectivity index (χ0v) is 16.2. The summed E-state index contributed by atoms with van der Waals surface area (Å²) in [5, 5.41) is 9.03. The van der Waals surface area contributed by atoms with E-state index in [0.717, 1.165) is 0 Å². The summed E-state index contributed by atoms with van der Waals surface area (Å²) in [6.45, 7) is 4.89. The summed E-state index contributed by atoms with van der Waals surface area (Å²) in [6, 6.07) is -0.0837. The lowest BCUT2D eigenvalue weighted by molar-refractivity contribution is -0.143. The number of likely N-dealkylation sites (tertiary alicyclic amines) is 1. The van der Waals surface area contributed by atoms with Crippen LogP contribution in [0.4, 0.5) is 13.2 Å². The Kier molecular flexibility index (Phi) is 7.84. The molecular formula is C16H25F3N6OS. The van der Waals surface area contributed by atoms with Crippen molar-refractivity contribution in [3.63, 3.8) is 0 Å². The van der Waals surface area contributed by atoms with Crippen molar-refractivity contribution in [2.24, 2.45) is 4.99 Å². The molecule has 0 aromatic carbocycles. The van der Waals surface area contributed by atoms with Crippen LogP contribution in [0, 0.1) is 6.92 Å². The van der Waals surface area contributed by atoms with E-state index in [1.165, 1.54) is 16.2 Å². The van der Waals surface area contributed by atoms with E-state index in [2.05, 4.69) is 25.9 Å². The quantitative estimate of drug-likeness (QED) is 0.362. The number of halogens is 3. The number of aliphatic imine (C=N–C) groups is 1. The molecule has 27 heavy (non-hydrogen) atoms. The lowest BCUT2D eigenvalue weighted by Crippen LogP contribution is -2.45. The van der Waals surface area contributed by atoms with Crippen molar-refractivity contribution in [1.82, 2.24) is 25.8 Å². The van der Waals surface area contributed by atoms with Crippen LogP contribution in [0.3, 0.4) is 0 Å². The van der Waals surface area contributed by atoms with Crippen LogP contribution in [-0.4, -0.2) is 73.2 Å². The molecule has 0 saturated carbocycles. The van der Waals surface area contributed by atoms with Gasteiger partial charge in [-0.1, -0.05) is 0 Å². The largest absolute Gasteiger partial charge is 0.401 e. The Balaban J connectivity index is 1.77. The van der Waals surface area contributed by atoms with Gasteiger partial charge in [-0.05, 0) is 20.3 Å². The van der Waals surface area contributed by atoms with Gasteiger partial charge in [-0.3, -0.25) is 14.7 Å². The minimum Gasteiger partial charge on any atom is -0.357 e. The van der Waals surface area contributed by atoms with Crippen LogP contribution in [0.2, 0.25) is 0 Å². The van der Waals surface area contributed by atoms with E-state index in [-0.39, 0.29) is 11.9 Å². The molecule has 1 fully saturated rings. The van der Waals surface area contributed by atoms with Gasteiger partial charge in [0, 0.05) is 32.2 Å². The third-order valence-electron chi connectivity index (χ3n) is 3.98. The second-order valence-electron chi connectivity index (χ2n) is 6.26. The molecule has 0 radical (unpaired) electrons. The monoisotopic (exact) mass is 406 g/mol. The Hall–Kier alpha value is -1.88. The number of amides is 1. The van der Waals surface area contributed by atoms with E-state index in [0.29, 0.717) is 55.7 Å². The number of aromatic nitrogens is 1. The van der Waals surface area contributed by atoms with Gasteiger partial charge in [0.2, 0.25) is 0 Å². The number of carbonyl (C=O) groups excluding carboxylic acids is 1. The molecule has 2 rings (SSSR count). The van der Waals surface area contributed by atoms with Gasteiger partial charge in [-0.15, -0.1) is 11.3 Å². The van der Waals surface area contributed by atoms with Crippen LogP contribution < -0.4 is 16.0 Å². The van der Waals surface area contributed by atoms with Crippen molar-refractivity contribution in [3.8, 4) is 0 Å². The van der Waals surface area contributed by atoms with Gasteiger partial charge in [0.1, 0.15) is 4.88 Å². The lowest BCUT2D eigenvalue weighted by atomic mass is 10.3. The number of hydrogen-bond acceptors (Lipinski definition) is 5. The van der Waals surface area contributed by atoms with Gasteiger partial charge in [0.05, 0.1) is 24.3 Å². The lowest BCUT2D eigenvalue weighted by Gasteiger charge is -2.19. The summed E-state index contributed by atoms with van der Waals surface area (Å²) in [6.07, 6.45) is -3.55. The Bertz CT molecular complexity index is 648. The van der Waals surface area contributed by atoms with Crippen molar-refractivity contribution < 1.29 is 18.0 Å². The number of nitrogens with one attached hydrogen (secondary N) is 3. The Morgan fingerprint density at radius 3 is 2.85 bits per heavy atom. The van der Waals surface area contributed by atoms with Crippen molar-refractivity contribution in [3.05, 3.63) is 16.1 Å². The molecule has 0 spiro atoms. The molecule has 1 saturated heterocycles. The molecule has 1 aliphatic rings. The summed E-state index contributed by atoms with van der Waals surface area (Å²) in [5.74, 6) is 0.362. The minimum absolute atomic E-state index is 0.0837. The maximum Gasteiger partial charge on any atom is 0.401 e. The summed E-state index contributed by atoms with van der Waals surface area (Å²) >= 11 is 1.29. The van der Waals surface area contributed by atoms with Crippen LogP contribution >= 0.6 is 11.3 Å². The first-order valence-electron chi connectivity index (χ1n) is 8.80. The molecule has 0 bridgehead atoms. The van der Waals surface area contributed by atoms with Crippen molar-refractivity contribution in [2.45, 2.75) is 32.5 Å². The molecule has 1 amide bonds. The normalized spacial score (nSPS) is 18.6. The number of nitrogens with zero attached hydrogens (tertiary/aromatic N) is 3. The van der Waals surface area contributed by atoms with Crippen molar-refractivity contribution >= 4 is 23.2 Å². The van der Waals surface area contributed by atoms with Gasteiger partial charge in [0.25, 0.3) is 5.91 Å². The third kappa shape index (κ3) is 7.33. The van der Waals surface area contributed by atoms with Crippen LogP contribution in [0.5, 0.6) is 0 Å². The molecule has 152 valence electrons. The zero-order valence-electron chi connectivity index (χ0n) is 15.4. The molecule has 3 N–H and O–H groups in total. The summed E-state index contributed by atoms with van der Waals surface area (Å²) < 4.78 is 37.4. The van der Waals surface area contributed by atoms with E-state index >= 15 is 0 Å². The number of carbonyl (C=O) groups is 1. The number of alkyl halides is 3. The molecule has 1 unspecified atom stereocenters. The summed E-state index contributed by atoms with van der Waals surface area (Å²) in [7, 11) is 0. The number of hydrogen-bond donors (Lipinski definition) is 3. The Morgan fingerprint density at radius 1 is 1.44 bits per heavy atom. The standard InChI is InChI=1S/C16H25F3N6OS/c1-3-20-15(24-12-4-7-25(8-12)9-16(17,18)19)22-6-5-21-14(26)13-11(2)23-10-27-13/h10,12H,3-9H2,1-2H3,(H,21,26)(H2,20,22,24). The highest BCUT2D eigenvalue weighted by molar-refractivity contribution is 7.11. The fourth-order valence-electron chi connectivity index (χ4n) is 2.80. The average molecular weight is 406 g/mol. The van der Waals surface area contributed by atoms with Crippen LogP contribution in [0.1, 0.15) is 28.7 Å². The van der Waals surface area contributed by atoms with E-state index < -0.39 is 12.7 Å². The predicted octanol–water partition coefficient (Wildman–Crippen LogP) is 1.37. The Labute approximate surface area is 160 Å². The second kappa shape index (κ2) is 9.88. The zero-order chi connectivity index (χ0) is 19.9. The number of aryl methyl sites for hydroxylation is 1. The first kappa shape index (κ1) is 21.4. The number of guanidine groups is 1. The number of thiazole rings is 1. The SMILES string of the molecule is CCNC(=NCCNC(=O)c1scnc1C)NC1CCN(CC(F)(F)F)C1. The highest BCUT2D eigenvalue weighted by Crippen LogP contribution is 2.19. The first-order chi connectivity index (χ1) is 12.8. The fourth-order valence-corrected chi connectivity index (χ4v) is 3.52. The first-order valence-corrected chi connectivity index (χ1v) is 9.68. The molecule has 1 aromatic rings. The molecular weight excluding hydrogens is 381 g/mol. The maximum absolute atomic E-state index is 12.5. The van der Waals surface area contributed by atoms with Crippen LogP contribution in [0.25, 0.3) is 0 Å². The van der Waals surface area contributed by atoms with E-state index in [1.54, 1.807) is 12.4 Å². The molecule has 2 heterocycles. The molecule has 1 atom stereocenters.